The molecule has 1 aliphatic heterocycles. The summed E-state index contributed by atoms with van der Waals surface area (Å²) in [4.78, 5) is 23.8. The summed E-state index contributed by atoms with van der Waals surface area (Å²) >= 11 is 0. The Hall–Kier alpha value is -2.11. The number of halogens is 1. The van der Waals surface area contributed by atoms with E-state index in [9.17, 15) is 14.0 Å². The van der Waals surface area contributed by atoms with Gasteiger partial charge in [-0.15, -0.1) is 0 Å². The van der Waals surface area contributed by atoms with Crippen molar-refractivity contribution in [2.24, 2.45) is 0 Å². The molecule has 1 aromatic rings. The monoisotopic (exact) mass is 280 g/mol. The summed E-state index contributed by atoms with van der Waals surface area (Å²) in [6.07, 6.45) is -0.221. The molecule has 0 fully saturated rings. The Morgan fingerprint density at radius 2 is 2.15 bits per heavy atom. The number of nitrogens with one attached hydrogen (secondary N) is 2. The van der Waals surface area contributed by atoms with Gasteiger partial charge in [0.2, 0.25) is 0 Å². The summed E-state index contributed by atoms with van der Waals surface area (Å²) in [5.74, 6) is -0.240. The number of hydrogen-bond acceptors (Lipinski definition) is 3. The van der Waals surface area contributed by atoms with Gasteiger partial charge >= 0.3 is 0 Å². The van der Waals surface area contributed by atoms with Crippen molar-refractivity contribution in [3.63, 3.8) is 0 Å². The molecule has 1 heterocycles. The Balaban J connectivity index is 2.45. The molecule has 0 saturated heterocycles. The molecule has 2 amide bonds. The fourth-order valence-electron chi connectivity index (χ4n) is 2.22. The number of fused-ring (bicyclic) bond motifs is 1. The van der Waals surface area contributed by atoms with Crippen molar-refractivity contribution < 1.29 is 18.7 Å². The van der Waals surface area contributed by atoms with Crippen LogP contribution in [0.5, 0.6) is 5.75 Å². The first kappa shape index (κ1) is 14.3. The second-order valence-electron chi connectivity index (χ2n) is 4.55. The van der Waals surface area contributed by atoms with Crippen LogP contribution in [0.1, 0.15) is 33.2 Å². The molecule has 0 aromatic heterocycles. The molecule has 1 aliphatic rings. The summed E-state index contributed by atoms with van der Waals surface area (Å²) in [5, 5.41) is 5.17. The molecule has 20 heavy (non-hydrogen) atoms. The van der Waals surface area contributed by atoms with E-state index in [4.69, 9.17) is 4.74 Å². The van der Waals surface area contributed by atoms with Crippen molar-refractivity contribution in [3.05, 3.63) is 28.8 Å². The van der Waals surface area contributed by atoms with Crippen LogP contribution in [0.4, 0.5) is 4.39 Å². The maximum atomic E-state index is 12.8. The molecular weight excluding hydrogens is 263 g/mol. The van der Waals surface area contributed by atoms with Crippen molar-refractivity contribution in [3.8, 4) is 5.75 Å². The highest BCUT2D eigenvalue weighted by Gasteiger charge is 2.29. The van der Waals surface area contributed by atoms with Crippen LogP contribution in [0.3, 0.4) is 0 Å². The van der Waals surface area contributed by atoms with Crippen LogP contribution in [0, 0.1) is 0 Å². The Morgan fingerprint density at radius 3 is 2.75 bits per heavy atom. The smallest absolute Gasteiger partial charge is 0.254 e. The minimum absolute atomic E-state index is 0.260. The number of alkyl halides is 1. The zero-order valence-electron chi connectivity index (χ0n) is 11.5. The molecule has 0 aliphatic carbocycles. The molecule has 1 unspecified atom stereocenters. The van der Waals surface area contributed by atoms with Gasteiger partial charge in [-0.25, -0.2) is 4.39 Å². The summed E-state index contributed by atoms with van der Waals surface area (Å²) in [6.45, 7) is 1.68. The second-order valence-corrected chi connectivity index (χ2v) is 4.55. The number of benzene rings is 1. The van der Waals surface area contributed by atoms with E-state index in [-0.39, 0.29) is 17.4 Å². The highest BCUT2D eigenvalue weighted by atomic mass is 19.1. The third kappa shape index (κ3) is 2.59. The largest absolute Gasteiger partial charge is 0.486 e. The van der Waals surface area contributed by atoms with E-state index >= 15 is 0 Å². The van der Waals surface area contributed by atoms with Gasteiger partial charge in [-0.3, -0.25) is 9.59 Å². The maximum absolute atomic E-state index is 12.8. The summed E-state index contributed by atoms with van der Waals surface area (Å²) in [7, 11) is 1.50. The average Bonchev–Trinajstić information content (AvgIpc) is 2.88. The van der Waals surface area contributed by atoms with Gasteiger partial charge in [0.25, 0.3) is 11.8 Å². The standard InChI is InChI=1S/C14H17FN2O3/c1-3-17-13(18)9-4-8-5-10(7-15)20-12(8)11(6-9)14(19)16-2/h4,6,10H,3,5,7H2,1-2H3,(H,16,19)(H,17,18). The van der Waals surface area contributed by atoms with Gasteiger partial charge in [0.05, 0.1) is 5.56 Å². The third-order valence-corrected chi connectivity index (χ3v) is 3.14. The van der Waals surface area contributed by atoms with E-state index in [1.807, 2.05) is 6.92 Å². The van der Waals surface area contributed by atoms with Gasteiger partial charge < -0.3 is 15.4 Å². The van der Waals surface area contributed by atoms with Crippen LogP contribution in [0.25, 0.3) is 0 Å². The van der Waals surface area contributed by atoms with Crippen molar-refractivity contribution in [1.82, 2.24) is 10.6 Å². The molecule has 5 nitrogen and oxygen atoms in total. The highest BCUT2D eigenvalue weighted by molar-refractivity contribution is 6.02. The quantitative estimate of drug-likeness (QED) is 0.867. The van der Waals surface area contributed by atoms with Gasteiger partial charge in [0.15, 0.2) is 0 Å². The van der Waals surface area contributed by atoms with E-state index in [1.54, 1.807) is 6.07 Å². The lowest BCUT2D eigenvalue weighted by molar-refractivity contribution is 0.0955. The van der Waals surface area contributed by atoms with Crippen molar-refractivity contribution in [2.45, 2.75) is 19.4 Å². The van der Waals surface area contributed by atoms with Crippen molar-refractivity contribution >= 4 is 11.8 Å². The molecule has 108 valence electrons. The van der Waals surface area contributed by atoms with E-state index in [0.29, 0.717) is 29.8 Å². The topological polar surface area (TPSA) is 67.4 Å². The van der Waals surface area contributed by atoms with E-state index in [2.05, 4.69) is 10.6 Å². The van der Waals surface area contributed by atoms with E-state index in [0.717, 1.165) is 0 Å². The normalized spacial score (nSPS) is 16.2. The minimum atomic E-state index is -0.627. The molecule has 1 atom stereocenters. The number of ether oxygens (including phenoxy) is 1. The minimum Gasteiger partial charge on any atom is -0.486 e. The summed E-state index contributed by atoms with van der Waals surface area (Å²) < 4.78 is 18.2. The zero-order valence-corrected chi connectivity index (χ0v) is 11.5. The molecule has 0 bridgehead atoms. The number of rotatable bonds is 4. The Bertz CT molecular complexity index is 545. The average molecular weight is 280 g/mol. The van der Waals surface area contributed by atoms with E-state index in [1.165, 1.54) is 13.1 Å². The van der Waals surface area contributed by atoms with Crippen molar-refractivity contribution in [1.29, 1.82) is 0 Å². The Morgan fingerprint density at radius 1 is 1.40 bits per heavy atom. The molecule has 1 aromatic carbocycles. The number of hydrogen-bond donors (Lipinski definition) is 2. The number of carbonyl (C=O) groups is 2. The maximum Gasteiger partial charge on any atom is 0.254 e. The van der Waals surface area contributed by atoms with Crippen LogP contribution < -0.4 is 15.4 Å². The first-order valence-electron chi connectivity index (χ1n) is 6.50. The van der Waals surface area contributed by atoms with Crippen LogP contribution in [0.2, 0.25) is 0 Å². The van der Waals surface area contributed by atoms with Crippen LogP contribution in [0.15, 0.2) is 12.1 Å². The fraction of sp³-hybridized carbons (Fsp3) is 0.429. The van der Waals surface area contributed by atoms with Gasteiger partial charge in [-0.1, -0.05) is 0 Å². The Kier molecular flexibility index (Phi) is 4.22. The van der Waals surface area contributed by atoms with Crippen molar-refractivity contribution in [2.75, 3.05) is 20.3 Å². The van der Waals surface area contributed by atoms with Gasteiger partial charge in [0, 0.05) is 25.6 Å². The lowest BCUT2D eigenvalue weighted by Gasteiger charge is -2.11. The fourth-order valence-corrected chi connectivity index (χ4v) is 2.22. The summed E-state index contributed by atoms with van der Waals surface area (Å²) in [5.41, 5.74) is 1.34. The lowest BCUT2D eigenvalue weighted by Crippen LogP contribution is -2.24. The Labute approximate surface area is 116 Å². The lowest BCUT2D eigenvalue weighted by atomic mass is 10.0. The summed E-state index contributed by atoms with van der Waals surface area (Å²) in [6, 6.07) is 3.13. The zero-order chi connectivity index (χ0) is 14.7. The molecule has 0 radical (unpaired) electrons. The first-order valence-corrected chi connectivity index (χ1v) is 6.50. The van der Waals surface area contributed by atoms with Gasteiger partial charge in [-0.2, -0.15) is 0 Å². The number of amides is 2. The predicted octanol–water partition coefficient (Wildman–Crippen LogP) is 1.07. The second kappa shape index (κ2) is 5.90. The third-order valence-electron chi connectivity index (χ3n) is 3.14. The predicted molar refractivity (Wildman–Crippen MR) is 71.9 cm³/mol. The van der Waals surface area contributed by atoms with Crippen LogP contribution in [-0.4, -0.2) is 38.2 Å². The SMILES string of the molecule is CCNC(=O)c1cc2c(c(C(=O)NC)c1)OC(CF)C2. The highest BCUT2D eigenvalue weighted by Crippen LogP contribution is 2.34. The number of carbonyl (C=O) groups excluding carboxylic acids is 2. The molecule has 0 saturated carbocycles. The molecule has 2 N–H and O–H groups in total. The molecule has 6 heteroatoms. The van der Waals surface area contributed by atoms with Crippen LogP contribution >= 0.6 is 0 Å². The molecule has 0 spiro atoms. The molecular formula is C14H17FN2O3. The first-order chi connectivity index (χ1) is 9.60. The van der Waals surface area contributed by atoms with Gasteiger partial charge in [-0.05, 0) is 24.6 Å². The molecule has 2 rings (SSSR count). The van der Waals surface area contributed by atoms with Crippen LogP contribution in [-0.2, 0) is 6.42 Å². The van der Waals surface area contributed by atoms with E-state index < -0.39 is 12.8 Å². The van der Waals surface area contributed by atoms with Gasteiger partial charge in [0.1, 0.15) is 18.5 Å².